The number of benzene rings is 1. The van der Waals surface area contributed by atoms with Crippen LogP contribution in [0.15, 0.2) is 47.6 Å². The zero-order valence-electron chi connectivity index (χ0n) is 10.2. The molecule has 0 heterocycles. The van der Waals surface area contributed by atoms with E-state index in [1.807, 2.05) is 6.07 Å². The van der Waals surface area contributed by atoms with E-state index in [2.05, 4.69) is 37.7 Å². The summed E-state index contributed by atoms with van der Waals surface area (Å²) in [7, 11) is 0. The van der Waals surface area contributed by atoms with Crippen LogP contribution >= 0.6 is 0 Å². The standard InChI is InChI=1S/C15H17FN/c1-11-6-12(2)8-13(7-11)10-17-15-5-3-4-14(16)9-15/h3-9,11,17H,10H2,1-2H3. The van der Waals surface area contributed by atoms with E-state index in [4.69, 9.17) is 0 Å². The van der Waals surface area contributed by atoms with Gasteiger partial charge in [-0.3, -0.25) is 0 Å². The highest BCUT2D eigenvalue weighted by atomic mass is 19.1. The summed E-state index contributed by atoms with van der Waals surface area (Å²) in [5.41, 5.74) is 3.36. The van der Waals surface area contributed by atoms with Gasteiger partial charge in [0.1, 0.15) is 5.82 Å². The highest BCUT2D eigenvalue weighted by Crippen LogP contribution is 2.21. The molecule has 0 bridgehead atoms. The number of halogens is 1. The minimum absolute atomic E-state index is 0.207. The van der Waals surface area contributed by atoms with Gasteiger partial charge in [-0.25, -0.2) is 4.39 Å². The molecule has 1 aliphatic carbocycles. The molecule has 0 aliphatic heterocycles. The van der Waals surface area contributed by atoms with Crippen LogP contribution in [0.5, 0.6) is 0 Å². The topological polar surface area (TPSA) is 12.0 Å². The molecular weight excluding hydrogens is 213 g/mol. The first-order chi connectivity index (χ1) is 8.13. The molecular formula is C15H17FN. The second-order valence-electron chi connectivity index (χ2n) is 4.52. The maximum atomic E-state index is 13.0. The van der Waals surface area contributed by atoms with Crippen molar-refractivity contribution in [2.75, 3.05) is 11.9 Å². The number of allylic oxidation sites excluding steroid dienone is 2. The molecule has 0 spiro atoms. The smallest absolute Gasteiger partial charge is 0.125 e. The van der Waals surface area contributed by atoms with Crippen molar-refractivity contribution in [3.05, 3.63) is 59.8 Å². The predicted octanol–water partition coefficient (Wildman–Crippen LogP) is 3.96. The number of hydrogen-bond donors (Lipinski definition) is 1. The van der Waals surface area contributed by atoms with Gasteiger partial charge in [0, 0.05) is 12.2 Å². The van der Waals surface area contributed by atoms with E-state index in [1.165, 1.54) is 23.3 Å². The first-order valence-corrected chi connectivity index (χ1v) is 5.87. The molecule has 2 rings (SSSR count). The Hall–Kier alpha value is -1.57. The van der Waals surface area contributed by atoms with Crippen molar-refractivity contribution in [1.29, 1.82) is 0 Å². The Morgan fingerprint density at radius 3 is 2.88 bits per heavy atom. The summed E-state index contributed by atoms with van der Waals surface area (Å²) in [5.74, 6) is 0.269. The van der Waals surface area contributed by atoms with E-state index in [-0.39, 0.29) is 5.82 Å². The molecule has 89 valence electrons. The van der Waals surface area contributed by atoms with Crippen molar-refractivity contribution in [2.45, 2.75) is 13.8 Å². The first kappa shape index (κ1) is 11.9. The minimum Gasteiger partial charge on any atom is -0.381 e. The van der Waals surface area contributed by atoms with Crippen molar-refractivity contribution < 1.29 is 4.39 Å². The molecule has 1 aromatic rings. The Bertz CT molecular complexity index is 460. The van der Waals surface area contributed by atoms with Crippen LogP contribution in [-0.4, -0.2) is 6.54 Å². The third-order valence-corrected chi connectivity index (χ3v) is 2.74. The van der Waals surface area contributed by atoms with E-state index in [0.29, 0.717) is 5.92 Å². The summed E-state index contributed by atoms with van der Waals surface area (Å²) in [5, 5.41) is 3.23. The molecule has 1 unspecified atom stereocenters. The van der Waals surface area contributed by atoms with Crippen LogP contribution in [0.3, 0.4) is 0 Å². The van der Waals surface area contributed by atoms with Gasteiger partial charge in [0.2, 0.25) is 0 Å². The Balaban J connectivity index is 1.99. The fourth-order valence-corrected chi connectivity index (χ4v) is 2.10. The summed E-state index contributed by atoms with van der Waals surface area (Å²) in [6.07, 6.45) is 6.61. The third kappa shape index (κ3) is 3.45. The van der Waals surface area contributed by atoms with Crippen LogP contribution in [0, 0.1) is 18.2 Å². The highest BCUT2D eigenvalue weighted by molar-refractivity contribution is 5.46. The normalized spacial score (nSPS) is 19.6. The maximum absolute atomic E-state index is 13.0. The van der Waals surface area contributed by atoms with E-state index in [0.717, 1.165) is 12.2 Å². The van der Waals surface area contributed by atoms with Crippen LogP contribution in [0.4, 0.5) is 10.1 Å². The van der Waals surface area contributed by atoms with Gasteiger partial charge in [-0.2, -0.15) is 0 Å². The average Bonchev–Trinajstić information content (AvgIpc) is 2.25. The Labute approximate surface area is 102 Å². The van der Waals surface area contributed by atoms with E-state index >= 15 is 0 Å². The largest absolute Gasteiger partial charge is 0.381 e. The van der Waals surface area contributed by atoms with Gasteiger partial charge in [-0.05, 0) is 43.0 Å². The third-order valence-electron chi connectivity index (χ3n) is 2.74. The van der Waals surface area contributed by atoms with Gasteiger partial charge in [0.15, 0.2) is 0 Å². The maximum Gasteiger partial charge on any atom is 0.125 e. The minimum atomic E-state index is -0.207. The SMILES string of the molecule is CC1=CC(CNc2cccc(F)c2)=CC(C)[CH]1. The van der Waals surface area contributed by atoms with Gasteiger partial charge in [-0.1, -0.05) is 30.7 Å². The van der Waals surface area contributed by atoms with Gasteiger partial charge < -0.3 is 5.32 Å². The van der Waals surface area contributed by atoms with Crippen molar-refractivity contribution in [3.63, 3.8) is 0 Å². The first-order valence-electron chi connectivity index (χ1n) is 5.87. The number of rotatable bonds is 3. The Morgan fingerprint density at radius 1 is 1.35 bits per heavy atom. The summed E-state index contributed by atoms with van der Waals surface area (Å²) in [6, 6.07) is 6.55. The van der Waals surface area contributed by atoms with Crippen molar-refractivity contribution in [2.24, 2.45) is 5.92 Å². The van der Waals surface area contributed by atoms with Gasteiger partial charge in [-0.15, -0.1) is 0 Å². The highest BCUT2D eigenvalue weighted by Gasteiger charge is 2.08. The number of hydrogen-bond acceptors (Lipinski definition) is 1. The molecule has 1 nitrogen and oxygen atoms in total. The molecule has 0 saturated heterocycles. The number of nitrogens with one attached hydrogen (secondary N) is 1. The average molecular weight is 230 g/mol. The van der Waals surface area contributed by atoms with Crippen molar-refractivity contribution >= 4 is 5.69 Å². The molecule has 0 aromatic heterocycles. The molecule has 1 atom stereocenters. The van der Waals surface area contributed by atoms with E-state index < -0.39 is 0 Å². The fourth-order valence-electron chi connectivity index (χ4n) is 2.10. The summed E-state index contributed by atoms with van der Waals surface area (Å²) in [6.45, 7) is 5.00. The lowest BCUT2D eigenvalue weighted by atomic mass is 9.92. The molecule has 0 fully saturated rings. The van der Waals surface area contributed by atoms with Crippen LogP contribution in [0.25, 0.3) is 0 Å². The van der Waals surface area contributed by atoms with Crippen LogP contribution in [0.1, 0.15) is 13.8 Å². The molecule has 17 heavy (non-hydrogen) atoms. The zero-order chi connectivity index (χ0) is 12.3. The summed E-state index contributed by atoms with van der Waals surface area (Å²) >= 11 is 0. The lowest BCUT2D eigenvalue weighted by Crippen LogP contribution is -2.09. The van der Waals surface area contributed by atoms with E-state index in [1.54, 1.807) is 6.07 Å². The van der Waals surface area contributed by atoms with Gasteiger partial charge in [0.25, 0.3) is 0 Å². The molecule has 0 saturated carbocycles. The van der Waals surface area contributed by atoms with Crippen molar-refractivity contribution in [1.82, 2.24) is 0 Å². The molecule has 1 aromatic carbocycles. The lowest BCUT2D eigenvalue weighted by Gasteiger charge is -2.17. The Kier molecular flexibility index (Phi) is 3.62. The monoisotopic (exact) mass is 230 g/mol. The quantitative estimate of drug-likeness (QED) is 0.828. The van der Waals surface area contributed by atoms with Crippen LogP contribution in [0.2, 0.25) is 0 Å². The van der Waals surface area contributed by atoms with Gasteiger partial charge >= 0.3 is 0 Å². The van der Waals surface area contributed by atoms with Crippen LogP contribution < -0.4 is 5.32 Å². The molecule has 0 amide bonds. The molecule has 2 heteroatoms. The lowest BCUT2D eigenvalue weighted by molar-refractivity contribution is 0.628. The van der Waals surface area contributed by atoms with Crippen LogP contribution in [-0.2, 0) is 0 Å². The molecule has 1 aliphatic rings. The zero-order valence-corrected chi connectivity index (χ0v) is 10.2. The second kappa shape index (κ2) is 5.17. The summed E-state index contributed by atoms with van der Waals surface area (Å²) in [4.78, 5) is 0. The summed E-state index contributed by atoms with van der Waals surface area (Å²) < 4.78 is 13.0. The van der Waals surface area contributed by atoms with Crippen molar-refractivity contribution in [3.8, 4) is 0 Å². The molecule has 1 radical (unpaired) electrons. The van der Waals surface area contributed by atoms with Gasteiger partial charge in [0.05, 0.1) is 0 Å². The molecule has 1 N–H and O–H groups in total. The fraction of sp³-hybridized carbons (Fsp3) is 0.267. The predicted molar refractivity (Wildman–Crippen MR) is 70.2 cm³/mol. The Morgan fingerprint density at radius 2 is 2.18 bits per heavy atom. The van der Waals surface area contributed by atoms with E-state index in [9.17, 15) is 4.39 Å². The second-order valence-corrected chi connectivity index (χ2v) is 4.52. The number of anilines is 1.